The maximum Gasteiger partial charge on any atom is 0.244 e. The van der Waals surface area contributed by atoms with Crippen LogP contribution in [0, 0.1) is 11.3 Å². The lowest BCUT2D eigenvalue weighted by atomic mass is 10.1. The number of nitrogens with one attached hydrogen (secondary N) is 1. The number of hydrogen-bond acceptors (Lipinski definition) is 5. The van der Waals surface area contributed by atoms with Gasteiger partial charge in [0.25, 0.3) is 0 Å². The highest BCUT2D eigenvalue weighted by atomic mass is 16.2. The molecule has 0 bridgehead atoms. The molecule has 8 heteroatoms. The van der Waals surface area contributed by atoms with Gasteiger partial charge in [0, 0.05) is 64.0 Å². The Kier molecular flexibility index (Phi) is 9.06. The van der Waals surface area contributed by atoms with Gasteiger partial charge < -0.3 is 14.8 Å². The number of imidazole rings is 1. The molecular formula is C29H34N6O2. The Morgan fingerprint density at radius 3 is 2.54 bits per heavy atom. The summed E-state index contributed by atoms with van der Waals surface area (Å²) in [6.07, 6.45) is 5.45. The van der Waals surface area contributed by atoms with E-state index in [1.165, 1.54) is 5.56 Å². The standard InChI is InChI=1S/C29H34N6O2/c1-2-6-28(36)35-16-15-33(19-24-7-4-3-5-8-24)21-27(35)29(37)32-14-13-26-18-31-22-34(26)20-25-11-9-23(17-30)10-12-25/h3-5,7-12,18,22,27H,2,6,13-16,19-21H2,1H3,(H,32,37)/t27-/m1/s1. The van der Waals surface area contributed by atoms with Gasteiger partial charge >= 0.3 is 0 Å². The molecule has 1 atom stereocenters. The summed E-state index contributed by atoms with van der Waals surface area (Å²) in [5.41, 5.74) is 3.92. The smallest absolute Gasteiger partial charge is 0.244 e. The third-order valence-electron chi connectivity index (χ3n) is 6.72. The zero-order chi connectivity index (χ0) is 26.0. The second-order valence-electron chi connectivity index (χ2n) is 9.44. The Hall–Kier alpha value is -3.96. The number of piperazine rings is 1. The lowest BCUT2D eigenvalue weighted by molar-refractivity contribution is -0.144. The minimum Gasteiger partial charge on any atom is -0.354 e. The molecule has 4 rings (SSSR count). The van der Waals surface area contributed by atoms with Crippen LogP contribution in [0.25, 0.3) is 0 Å². The minimum absolute atomic E-state index is 0.0440. The molecule has 2 heterocycles. The van der Waals surface area contributed by atoms with Gasteiger partial charge in [0.2, 0.25) is 11.8 Å². The van der Waals surface area contributed by atoms with Crippen molar-refractivity contribution in [2.24, 2.45) is 0 Å². The maximum absolute atomic E-state index is 13.3. The second-order valence-corrected chi connectivity index (χ2v) is 9.44. The summed E-state index contributed by atoms with van der Waals surface area (Å²) < 4.78 is 2.05. The molecule has 3 aromatic rings. The predicted molar refractivity (Wildman–Crippen MR) is 141 cm³/mol. The summed E-state index contributed by atoms with van der Waals surface area (Å²) in [7, 11) is 0. The Balaban J connectivity index is 1.35. The fourth-order valence-electron chi connectivity index (χ4n) is 4.72. The van der Waals surface area contributed by atoms with E-state index in [9.17, 15) is 9.59 Å². The van der Waals surface area contributed by atoms with Gasteiger partial charge in [0.05, 0.1) is 18.0 Å². The van der Waals surface area contributed by atoms with Crippen molar-refractivity contribution >= 4 is 11.8 Å². The van der Waals surface area contributed by atoms with Crippen LogP contribution in [-0.2, 0) is 29.1 Å². The molecule has 0 unspecified atom stereocenters. The lowest BCUT2D eigenvalue weighted by Crippen LogP contribution is -2.60. The predicted octanol–water partition coefficient (Wildman–Crippen LogP) is 2.97. The number of hydrogen-bond donors (Lipinski definition) is 1. The Bertz CT molecular complexity index is 1220. The van der Waals surface area contributed by atoms with E-state index in [2.05, 4.69) is 33.4 Å². The first-order valence-corrected chi connectivity index (χ1v) is 12.9. The van der Waals surface area contributed by atoms with Crippen LogP contribution in [0.4, 0.5) is 0 Å². The largest absolute Gasteiger partial charge is 0.354 e. The SMILES string of the molecule is CCCC(=O)N1CCN(Cc2ccccc2)C[C@@H]1C(=O)NCCc1cncn1Cc1ccc(C#N)cc1. The van der Waals surface area contributed by atoms with Crippen molar-refractivity contribution in [3.63, 3.8) is 0 Å². The van der Waals surface area contributed by atoms with Crippen LogP contribution in [0.1, 0.15) is 42.1 Å². The normalized spacial score (nSPS) is 15.8. The number of nitriles is 1. The molecule has 1 aliphatic heterocycles. The highest BCUT2D eigenvalue weighted by Gasteiger charge is 2.34. The van der Waals surface area contributed by atoms with Gasteiger partial charge in [0.15, 0.2) is 0 Å². The van der Waals surface area contributed by atoms with E-state index in [4.69, 9.17) is 5.26 Å². The number of rotatable bonds is 10. The Morgan fingerprint density at radius 1 is 1.05 bits per heavy atom. The first-order valence-electron chi connectivity index (χ1n) is 12.9. The monoisotopic (exact) mass is 498 g/mol. The van der Waals surface area contributed by atoms with E-state index in [0.717, 1.165) is 30.8 Å². The van der Waals surface area contributed by atoms with Crippen LogP contribution >= 0.6 is 0 Å². The summed E-state index contributed by atoms with van der Waals surface area (Å²) in [5, 5.41) is 12.1. The molecule has 2 amide bonds. The number of benzene rings is 2. The van der Waals surface area contributed by atoms with Gasteiger partial charge in [0.1, 0.15) is 6.04 Å². The van der Waals surface area contributed by atoms with Crippen LogP contribution in [-0.4, -0.2) is 63.4 Å². The Labute approximate surface area is 218 Å². The quantitative estimate of drug-likeness (QED) is 0.464. The van der Waals surface area contributed by atoms with E-state index in [0.29, 0.717) is 44.6 Å². The number of amides is 2. The van der Waals surface area contributed by atoms with E-state index < -0.39 is 6.04 Å². The molecule has 2 aromatic carbocycles. The first-order chi connectivity index (χ1) is 18.1. The van der Waals surface area contributed by atoms with E-state index in [-0.39, 0.29) is 11.8 Å². The van der Waals surface area contributed by atoms with Crippen LogP contribution in [0.2, 0.25) is 0 Å². The number of nitrogens with zero attached hydrogens (tertiary/aromatic N) is 5. The van der Waals surface area contributed by atoms with Gasteiger partial charge in [-0.15, -0.1) is 0 Å². The lowest BCUT2D eigenvalue weighted by Gasteiger charge is -2.40. The molecule has 1 aromatic heterocycles. The molecular weight excluding hydrogens is 464 g/mol. The average molecular weight is 499 g/mol. The molecule has 1 fully saturated rings. The number of aromatic nitrogens is 2. The van der Waals surface area contributed by atoms with Crippen molar-refractivity contribution in [3.05, 3.63) is 89.5 Å². The molecule has 1 saturated heterocycles. The maximum atomic E-state index is 13.3. The van der Waals surface area contributed by atoms with Crippen molar-refractivity contribution in [1.82, 2.24) is 24.7 Å². The topological polar surface area (TPSA) is 94.3 Å². The molecule has 192 valence electrons. The van der Waals surface area contributed by atoms with Crippen LogP contribution in [0.5, 0.6) is 0 Å². The summed E-state index contributed by atoms with van der Waals surface area (Å²) in [5.74, 6) is -0.0668. The molecule has 0 aliphatic carbocycles. The highest BCUT2D eigenvalue weighted by molar-refractivity contribution is 5.88. The van der Waals surface area contributed by atoms with Crippen molar-refractivity contribution in [1.29, 1.82) is 5.26 Å². The summed E-state index contributed by atoms with van der Waals surface area (Å²) in [6, 6.07) is 19.3. The fraction of sp³-hybridized carbons (Fsp3) is 0.379. The van der Waals surface area contributed by atoms with Crippen LogP contribution < -0.4 is 5.32 Å². The van der Waals surface area contributed by atoms with Crippen molar-refractivity contribution in [3.8, 4) is 6.07 Å². The third-order valence-corrected chi connectivity index (χ3v) is 6.72. The summed E-state index contributed by atoms with van der Waals surface area (Å²) in [4.78, 5) is 34.4. The van der Waals surface area contributed by atoms with Gasteiger partial charge in [-0.1, -0.05) is 49.4 Å². The van der Waals surface area contributed by atoms with E-state index in [1.54, 1.807) is 11.2 Å². The molecule has 1 aliphatic rings. The summed E-state index contributed by atoms with van der Waals surface area (Å²) >= 11 is 0. The number of carbonyl (C=O) groups is 2. The summed E-state index contributed by atoms with van der Waals surface area (Å²) in [6.45, 7) is 5.68. The van der Waals surface area contributed by atoms with Gasteiger partial charge in [-0.2, -0.15) is 5.26 Å². The van der Waals surface area contributed by atoms with Gasteiger partial charge in [-0.05, 0) is 29.7 Å². The van der Waals surface area contributed by atoms with E-state index in [1.807, 2.05) is 60.2 Å². The van der Waals surface area contributed by atoms with Crippen LogP contribution in [0.3, 0.4) is 0 Å². The molecule has 37 heavy (non-hydrogen) atoms. The minimum atomic E-state index is -0.500. The number of carbonyl (C=O) groups excluding carboxylic acids is 2. The first kappa shape index (κ1) is 26.1. The molecule has 0 spiro atoms. The molecule has 0 radical (unpaired) electrons. The van der Waals surface area contributed by atoms with Crippen molar-refractivity contribution in [2.75, 3.05) is 26.2 Å². The second kappa shape index (κ2) is 12.8. The average Bonchev–Trinajstić information content (AvgIpc) is 3.36. The van der Waals surface area contributed by atoms with Gasteiger partial charge in [-0.25, -0.2) is 4.98 Å². The zero-order valence-electron chi connectivity index (χ0n) is 21.3. The fourth-order valence-corrected chi connectivity index (χ4v) is 4.72. The third kappa shape index (κ3) is 7.05. The van der Waals surface area contributed by atoms with Crippen LogP contribution in [0.15, 0.2) is 67.1 Å². The molecule has 8 nitrogen and oxygen atoms in total. The van der Waals surface area contributed by atoms with Crippen molar-refractivity contribution in [2.45, 2.75) is 45.3 Å². The highest BCUT2D eigenvalue weighted by Crippen LogP contribution is 2.16. The van der Waals surface area contributed by atoms with Gasteiger partial charge in [-0.3, -0.25) is 14.5 Å². The molecule has 1 N–H and O–H groups in total. The Morgan fingerprint density at radius 2 is 1.81 bits per heavy atom. The molecule has 0 saturated carbocycles. The van der Waals surface area contributed by atoms with Crippen molar-refractivity contribution < 1.29 is 9.59 Å². The van der Waals surface area contributed by atoms with E-state index >= 15 is 0 Å². The zero-order valence-corrected chi connectivity index (χ0v) is 21.3.